The molecular formula is C19H20FN3O2. The summed E-state index contributed by atoms with van der Waals surface area (Å²) in [4.78, 5) is 23.4. The zero-order valence-corrected chi connectivity index (χ0v) is 13.9. The van der Waals surface area contributed by atoms with Gasteiger partial charge < -0.3 is 16.0 Å². The van der Waals surface area contributed by atoms with Gasteiger partial charge in [-0.15, -0.1) is 0 Å². The van der Waals surface area contributed by atoms with Crippen LogP contribution in [-0.2, 0) is 16.0 Å². The van der Waals surface area contributed by atoms with Crippen molar-refractivity contribution in [2.45, 2.75) is 25.8 Å². The molecule has 6 heteroatoms. The van der Waals surface area contributed by atoms with Crippen LogP contribution in [0, 0.1) is 5.82 Å². The average Bonchev–Trinajstić information content (AvgIpc) is 2.61. The Hall–Kier alpha value is -2.73. The molecule has 2 amide bonds. The number of carbonyl (C=O) groups excluding carboxylic acids is 2. The van der Waals surface area contributed by atoms with Crippen molar-refractivity contribution < 1.29 is 14.0 Å². The van der Waals surface area contributed by atoms with Crippen LogP contribution in [0.15, 0.2) is 42.5 Å². The average molecular weight is 341 g/mol. The summed E-state index contributed by atoms with van der Waals surface area (Å²) in [5.74, 6) is -0.723. The molecule has 0 fully saturated rings. The monoisotopic (exact) mass is 341 g/mol. The molecule has 5 nitrogen and oxygen atoms in total. The fraction of sp³-hybridized carbons (Fsp3) is 0.263. The van der Waals surface area contributed by atoms with E-state index in [0.717, 1.165) is 23.2 Å². The van der Waals surface area contributed by atoms with Crippen molar-refractivity contribution in [2.24, 2.45) is 0 Å². The number of aryl methyl sites for hydroxylation is 1. The molecule has 0 unspecified atom stereocenters. The Morgan fingerprint density at radius 3 is 2.84 bits per heavy atom. The maximum absolute atomic E-state index is 13.5. The largest absolute Gasteiger partial charge is 0.326 e. The molecule has 1 aliphatic rings. The Kier molecular flexibility index (Phi) is 5.09. The number of carbonyl (C=O) groups is 2. The number of anilines is 2. The second-order valence-electron chi connectivity index (χ2n) is 6.10. The first-order valence-electron chi connectivity index (χ1n) is 8.23. The number of hydrogen-bond donors (Lipinski definition) is 3. The highest BCUT2D eigenvalue weighted by Gasteiger charge is 2.16. The molecule has 1 aliphatic heterocycles. The molecule has 1 atom stereocenters. The van der Waals surface area contributed by atoms with E-state index in [1.165, 1.54) is 12.1 Å². The fourth-order valence-electron chi connectivity index (χ4n) is 2.79. The maximum Gasteiger partial charge on any atom is 0.238 e. The maximum atomic E-state index is 13.5. The Labute approximate surface area is 145 Å². The van der Waals surface area contributed by atoms with Gasteiger partial charge in [-0.3, -0.25) is 9.59 Å². The van der Waals surface area contributed by atoms with Crippen molar-refractivity contribution in [2.75, 3.05) is 17.2 Å². The quantitative estimate of drug-likeness (QED) is 0.783. The van der Waals surface area contributed by atoms with E-state index in [1.807, 2.05) is 25.1 Å². The van der Waals surface area contributed by atoms with Gasteiger partial charge in [0.25, 0.3) is 0 Å². The van der Waals surface area contributed by atoms with Crippen molar-refractivity contribution >= 4 is 23.2 Å². The third-order valence-corrected chi connectivity index (χ3v) is 4.24. The van der Waals surface area contributed by atoms with Crippen molar-refractivity contribution in [1.82, 2.24) is 5.32 Å². The predicted molar refractivity (Wildman–Crippen MR) is 94.8 cm³/mol. The lowest BCUT2D eigenvalue weighted by Gasteiger charge is -2.20. The van der Waals surface area contributed by atoms with E-state index in [2.05, 4.69) is 16.0 Å². The van der Waals surface area contributed by atoms with Crippen LogP contribution in [0.5, 0.6) is 0 Å². The first-order chi connectivity index (χ1) is 12.0. The van der Waals surface area contributed by atoms with Crippen LogP contribution < -0.4 is 16.0 Å². The van der Waals surface area contributed by atoms with Crippen LogP contribution in [0.3, 0.4) is 0 Å². The van der Waals surface area contributed by atoms with Crippen molar-refractivity contribution in [1.29, 1.82) is 0 Å². The van der Waals surface area contributed by atoms with Gasteiger partial charge in [-0.2, -0.15) is 0 Å². The summed E-state index contributed by atoms with van der Waals surface area (Å²) in [5.41, 5.74) is 3.16. The topological polar surface area (TPSA) is 70.2 Å². The first kappa shape index (κ1) is 17.1. The minimum absolute atomic E-state index is 0.0382. The minimum Gasteiger partial charge on any atom is -0.326 e. The number of amides is 2. The smallest absolute Gasteiger partial charge is 0.238 e. The third kappa shape index (κ3) is 4.22. The van der Waals surface area contributed by atoms with E-state index in [1.54, 1.807) is 12.1 Å². The fourth-order valence-corrected chi connectivity index (χ4v) is 2.79. The number of fused-ring (bicyclic) bond motifs is 1. The number of hydrogen-bond acceptors (Lipinski definition) is 3. The van der Waals surface area contributed by atoms with Gasteiger partial charge in [-0.25, -0.2) is 4.39 Å². The number of rotatable bonds is 5. The SMILES string of the molecule is C[C@@H](NCC(=O)Nc1ccccc1F)c1ccc2c(c1)CCC(=O)N2. The summed E-state index contributed by atoms with van der Waals surface area (Å²) in [5, 5.41) is 8.53. The summed E-state index contributed by atoms with van der Waals surface area (Å²) in [6.45, 7) is 2.03. The van der Waals surface area contributed by atoms with Crippen LogP contribution in [0.1, 0.15) is 30.5 Å². The lowest BCUT2D eigenvalue weighted by Crippen LogP contribution is -2.30. The van der Waals surface area contributed by atoms with Gasteiger partial charge in [0.1, 0.15) is 5.82 Å². The van der Waals surface area contributed by atoms with E-state index in [-0.39, 0.29) is 30.1 Å². The molecule has 0 bridgehead atoms. The number of para-hydroxylation sites is 1. The van der Waals surface area contributed by atoms with Crippen molar-refractivity contribution in [3.63, 3.8) is 0 Å². The van der Waals surface area contributed by atoms with Gasteiger partial charge in [0.2, 0.25) is 11.8 Å². The van der Waals surface area contributed by atoms with Gasteiger partial charge >= 0.3 is 0 Å². The number of nitrogens with one attached hydrogen (secondary N) is 3. The summed E-state index contributed by atoms with van der Waals surface area (Å²) in [6, 6.07) is 11.9. The van der Waals surface area contributed by atoms with Crippen LogP contribution in [-0.4, -0.2) is 18.4 Å². The highest BCUT2D eigenvalue weighted by molar-refractivity contribution is 5.94. The summed E-state index contributed by atoms with van der Waals surface area (Å²) < 4.78 is 13.5. The number of halogens is 1. The normalized spacial score (nSPS) is 14.4. The third-order valence-electron chi connectivity index (χ3n) is 4.24. The molecular weight excluding hydrogens is 321 g/mol. The molecule has 0 spiro atoms. The van der Waals surface area contributed by atoms with Gasteiger partial charge in [0, 0.05) is 18.2 Å². The highest BCUT2D eigenvalue weighted by Crippen LogP contribution is 2.26. The van der Waals surface area contributed by atoms with Gasteiger partial charge in [-0.1, -0.05) is 24.3 Å². The van der Waals surface area contributed by atoms with Crippen molar-refractivity contribution in [3.8, 4) is 0 Å². The molecule has 1 heterocycles. The molecule has 0 saturated carbocycles. The van der Waals surface area contributed by atoms with E-state index < -0.39 is 5.82 Å². The van der Waals surface area contributed by atoms with E-state index >= 15 is 0 Å². The van der Waals surface area contributed by atoms with E-state index in [4.69, 9.17) is 0 Å². The molecule has 0 aromatic heterocycles. The summed E-state index contributed by atoms with van der Waals surface area (Å²) in [7, 11) is 0. The van der Waals surface area contributed by atoms with Gasteiger partial charge in [0.15, 0.2) is 0 Å². The van der Waals surface area contributed by atoms with Crippen LogP contribution >= 0.6 is 0 Å². The molecule has 130 valence electrons. The Balaban J connectivity index is 1.57. The molecule has 0 aliphatic carbocycles. The molecule has 3 rings (SSSR count). The van der Waals surface area contributed by atoms with Crippen LogP contribution in [0.25, 0.3) is 0 Å². The molecule has 0 saturated heterocycles. The molecule has 2 aromatic carbocycles. The van der Waals surface area contributed by atoms with E-state index in [0.29, 0.717) is 6.42 Å². The summed E-state index contributed by atoms with van der Waals surface area (Å²) in [6.07, 6.45) is 1.21. The minimum atomic E-state index is -0.458. The lowest BCUT2D eigenvalue weighted by molar-refractivity contribution is -0.116. The molecule has 3 N–H and O–H groups in total. The first-order valence-corrected chi connectivity index (χ1v) is 8.23. The molecule has 0 radical (unpaired) electrons. The lowest BCUT2D eigenvalue weighted by atomic mass is 9.98. The van der Waals surface area contributed by atoms with Crippen LogP contribution in [0.2, 0.25) is 0 Å². The molecule has 25 heavy (non-hydrogen) atoms. The van der Waals surface area contributed by atoms with Crippen LogP contribution in [0.4, 0.5) is 15.8 Å². The van der Waals surface area contributed by atoms with Crippen molar-refractivity contribution in [3.05, 3.63) is 59.4 Å². The predicted octanol–water partition coefficient (Wildman–Crippen LogP) is 3.00. The Morgan fingerprint density at radius 1 is 1.24 bits per heavy atom. The Bertz CT molecular complexity index is 807. The molecule has 2 aromatic rings. The summed E-state index contributed by atoms with van der Waals surface area (Å²) >= 11 is 0. The van der Waals surface area contributed by atoms with E-state index in [9.17, 15) is 14.0 Å². The zero-order chi connectivity index (χ0) is 17.8. The second kappa shape index (κ2) is 7.44. The van der Waals surface area contributed by atoms with Gasteiger partial charge in [-0.05, 0) is 42.7 Å². The number of benzene rings is 2. The second-order valence-corrected chi connectivity index (χ2v) is 6.10. The highest BCUT2D eigenvalue weighted by atomic mass is 19.1. The van der Waals surface area contributed by atoms with Gasteiger partial charge in [0.05, 0.1) is 12.2 Å². The zero-order valence-electron chi connectivity index (χ0n) is 13.9. The Morgan fingerprint density at radius 2 is 2.04 bits per heavy atom. The standard InChI is InChI=1S/C19H20FN3O2/c1-12(13-6-8-16-14(10-13)7-9-18(24)22-16)21-11-19(25)23-17-5-3-2-4-15(17)20/h2-6,8,10,12,21H,7,9,11H2,1H3,(H,22,24)(H,23,25)/t12-/m1/s1.